The van der Waals surface area contributed by atoms with Crippen molar-refractivity contribution < 1.29 is 13.9 Å². The number of hydrogen-bond donors (Lipinski definition) is 1. The summed E-state index contributed by atoms with van der Waals surface area (Å²) < 4.78 is 20.0. The van der Waals surface area contributed by atoms with Gasteiger partial charge in [0.25, 0.3) is 5.91 Å². The summed E-state index contributed by atoms with van der Waals surface area (Å²) in [5.74, 6) is -0.0851. The molecule has 164 valence electrons. The van der Waals surface area contributed by atoms with Gasteiger partial charge in [-0.1, -0.05) is 18.2 Å². The van der Waals surface area contributed by atoms with Crippen LogP contribution >= 0.6 is 0 Å². The third-order valence-electron chi connectivity index (χ3n) is 5.61. The summed E-state index contributed by atoms with van der Waals surface area (Å²) in [6.45, 7) is 0.254. The molecule has 0 bridgehead atoms. The van der Waals surface area contributed by atoms with Crippen molar-refractivity contribution >= 4 is 16.8 Å². The second-order valence-electron chi connectivity index (χ2n) is 8.10. The Morgan fingerprint density at radius 3 is 2.91 bits per heavy atom. The van der Waals surface area contributed by atoms with Crippen molar-refractivity contribution in [2.24, 2.45) is 0 Å². The smallest absolute Gasteiger partial charge is 0.272 e. The summed E-state index contributed by atoms with van der Waals surface area (Å²) in [4.78, 5) is 19.1. The van der Waals surface area contributed by atoms with Gasteiger partial charge in [-0.25, -0.2) is 4.39 Å². The monoisotopic (exact) mass is 441 g/mol. The highest BCUT2D eigenvalue weighted by Crippen LogP contribution is 2.35. The van der Waals surface area contributed by atoms with E-state index in [1.807, 2.05) is 6.07 Å². The minimum atomic E-state index is -0.365. The Morgan fingerprint density at radius 1 is 1.27 bits per heavy atom. The van der Waals surface area contributed by atoms with Crippen LogP contribution in [-0.2, 0) is 6.54 Å². The van der Waals surface area contributed by atoms with Gasteiger partial charge in [0.15, 0.2) is 0 Å². The normalized spacial score (nSPS) is 13.0. The number of aromatic amines is 1. The molecule has 1 aliphatic carbocycles. The van der Waals surface area contributed by atoms with Gasteiger partial charge in [-0.15, -0.1) is 0 Å². The second kappa shape index (κ2) is 8.36. The molecular formula is C25H20FN5O2. The van der Waals surface area contributed by atoms with Gasteiger partial charge in [-0.3, -0.25) is 14.9 Å². The van der Waals surface area contributed by atoms with Crippen LogP contribution in [0.25, 0.3) is 22.0 Å². The van der Waals surface area contributed by atoms with Crippen LogP contribution in [0.5, 0.6) is 5.75 Å². The van der Waals surface area contributed by atoms with Crippen molar-refractivity contribution in [3.05, 3.63) is 77.5 Å². The topological polar surface area (TPSA) is 94.9 Å². The Bertz CT molecular complexity index is 1400. The zero-order chi connectivity index (χ0) is 22.9. The number of hydrogen-bond acceptors (Lipinski definition) is 5. The van der Waals surface area contributed by atoms with E-state index in [1.165, 1.54) is 17.2 Å². The van der Waals surface area contributed by atoms with Crippen LogP contribution in [0.15, 0.2) is 54.9 Å². The van der Waals surface area contributed by atoms with E-state index >= 15 is 0 Å². The average Bonchev–Trinajstić information content (AvgIpc) is 3.50. The number of nitrogens with one attached hydrogen (secondary N) is 1. The van der Waals surface area contributed by atoms with Crippen molar-refractivity contribution in [3.8, 4) is 22.9 Å². The van der Waals surface area contributed by atoms with Crippen molar-refractivity contribution in [2.75, 3.05) is 7.05 Å². The zero-order valence-electron chi connectivity index (χ0n) is 17.9. The summed E-state index contributed by atoms with van der Waals surface area (Å²) in [6, 6.07) is 14.0. The first-order valence-corrected chi connectivity index (χ1v) is 10.6. The van der Waals surface area contributed by atoms with Crippen LogP contribution in [0.1, 0.15) is 34.5 Å². The number of aromatic nitrogens is 3. The molecule has 0 radical (unpaired) electrons. The van der Waals surface area contributed by atoms with Gasteiger partial charge < -0.3 is 9.64 Å². The van der Waals surface area contributed by atoms with E-state index in [0.717, 1.165) is 29.5 Å². The fraction of sp³-hybridized carbons (Fsp3) is 0.200. The Hall–Kier alpha value is -4.25. The molecule has 0 aliphatic heterocycles. The predicted molar refractivity (Wildman–Crippen MR) is 120 cm³/mol. The quantitative estimate of drug-likeness (QED) is 0.477. The number of pyridine rings is 1. The number of benzene rings is 2. The number of rotatable bonds is 6. The molecule has 2 aromatic carbocycles. The van der Waals surface area contributed by atoms with Crippen LogP contribution in [0.4, 0.5) is 4.39 Å². The molecule has 4 aromatic rings. The number of nitrogens with zero attached hydrogens (tertiary/aromatic N) is 4. The Balaban J connectivity index is 1.44. The van der Waals surface area contributed by atoms with Gasteiger partial charge in [0.2, 0.25) is 0 Å². The van der Waals surface area contributed by atoms with Crippen LogP contribution in [-0.4, -0.2) is 39.1 Å². The summed E-state index contributed by atoms with van der Waals surface area (Å²) >= 11 is 0. The maximum absolute atomic E-state index is 14.0. The number of amides is 1. The van der Waals surface area contributed by atoms with Gasteiger partial charge in [-0.2, -0.15) is 10.4 Å². The molecule has 5 rings (SSSR count). The summed E-state index contributed by atoms with van der Waals surface area (Å²) in [5, 5.41) is 16.3. The third kappa shape index (κ3) is 4.13. The summed E-state index contributed by atoms with van der Waals surface area (Å²) in [6.07, 6.45) is 5.10. The highest BCUT2D eigenvalue weighted by Gasteiger charge is 2.26. The first-order valence-electron chi connectivity index (χ1n) is 10.6. The van der Waals surface area contributed by atoms with Crippen molar-refractivity contribution in [3.63, 3.8) is 0 Å². The third-order valence-corrected chi connectivity index (χ3v) is 5.61. The van der Waals surface area contributed by atoms with Gasteiger partial charge in [0.1, 0.15) is 17.3 Å². The lowest BCUT2D eigenvalue weighted by atomic mass is 10.0. The van der Waals surface area contributed by atoms with Crippen molar-refractivity contribution in [1.29, 1.82) is 5.26 Å². The molecule has 1 fully saturated rings. The molecule has 1 saturated carbocycles. The van der Waals surface area contributed by atoms with E-state index in [9.17, 15) is 14.4 Å². The van der Waals surface area contributed by atoms with Crippen LogP contribution in [0.2, 0.25) is 0 Å². The molecule has 1 N–H and O–H groups in total. The molecule has 2 heterocycles. The van der Waals surface area contributed by atoms with E-state index in [0.29, 0.717) is 22.2 Å². The minimum Gasteiger partial charge on any atom is -0.490 e. The van der Waals surface area contributed by atoms with Gasteiger partial charge >= 0.3 is 0 Å². The van der Waals surface area contributed by atoms with E-state index in [2.05, 4.69) is 21.3 Å². The molecule has 0 saturated heterocycles. The largest absolute Gasteiger partial charge is 0.490 e. The highest BCUT2D eigenvalue weighted by molar-refractivity contribution is 5.93. The molecule has 0 spiro atoms. The van der Waals surface area contributed by atoms with Crippen molar-refractivity contribution in [2.45, 2.75) is 25.5 Å². The van der Waals surface area contributed by atoms with E-state index in [1.54, 1.807) is 43.6 Å². The number of nitriles is 1. The molecule has 33 heavy (non-hydrogen) atoms. The number of carbonyl (C=O) groups excluding carboxylic acids is 1. The molecule has 2 aromatic heterocycles. The predicted octanol–water partition coefficient (Wildman–Crippen LogP) is 4.45. The van der Waals surface area contributed by atoms with E-state index in [4.69, 9.17) is 4.74 Å². The maximum Gasteiger partial charge on any atom is 0.272 e. The van der Waals surface area contributed by atoms with Gasteiger partial charge in [0, 0.05) is 31.4 Å². The number of H-pyrrole nitrogens is 1. The first kappa shape index (κ1) is 20.6. The number of fused-ring (bicyclic) bond motifs is 1. The molecule has 0 atom stereocenters. The lowest BCUT2D eigenvalue weighted by Gasteiger charge is -2.19. The maximum atomic E-state index is 14.0. The zero-order valence-corrected chi connectivity index (χ0v) is 17.9. The van der Waals surface area contributed by atoms with Crippen LogP contribution in [0.3, 0.4) is 0 Å². The van der Waals surface area contributed by atoms with Crippen molar-refractivity contribution in [1.82, 2.24) is 20.1 Å². The molecular weight excluding hydrogens is 421 g/mol. The highest BCUT2D eigenvalue weighted by atomic mass is 19.1. The first-order chi connectivity index (χ1) is 16.0. The summed E-state index contributed by atoms with van der Waals surface area (Å²) in [5.41, 5.74) is 3.63. The number of halogens is 1. The molecule has 8 heteroatoms. The Labute approximate surface area is 189 Å². The fourth-order valence-electron chi connectivity index (χ4n) is 3.70. The number of carbonyl (C=O) groups is 1. The molecule has 0 unspecified atom stereocenters. The Kier molecular flexibility index (Phi) is 5.23. The SMILES string of the molecule is CN(Cc1ccc(F)c2cn[nH]c12)C(=O)c1cc(OC2CC2)c(-c2cccc(C#N)c2)cn1. The molecule has 1 aliphatic rings. The minimum absolute atomic E-state index is 0.124. The lowest BCUT2D eigenvalue weighted by Crippen LogP contribution is -2.27. The van der Waals surface area contributed by atoms with E-state index in [-0.39, 0.29) is 30.1 Å². The molecule has 1 amide bonds. The Morgan fingerprint density at radius 2 is 2.12 bits per heavy atom. The average molecular weight is 441 g/mol. The standard InChI is InChI=1S/C25H20FN5O2/c1-31(14-17-5-8-21(26)20-13-29-30-24(17)20)25(32)22-10-23(33-18-6-7-18)19(12-28-22)16-4-2-3-15(9-16)11-27/h2-5,8-10,12-13,18H,6-7,14H2,1H3,(H,29,30). The van der Waals surface area contributed by atoms with Gasteiger partial charge in [0.05, 0.1) is 34.8 Å². The van der Waals surface area contributed by atoms with E-state index < -0.39 is 0 Å². The van der Waals surface area contributed by atoms with Gasteiger partial charge in [-0.05, 0) is 42.2 Å². The lowest BCUT2D eigenvalue weighted by molar-refractivity contribution is 0.0779. The number of ether oxygens (including phenoxy) is 1. The second-order valence-corrected chi connectivity index (χ2v) is 8.10. The van der Waals surface area contributed by atoms with Crippen LogP contribution in [0, 0.1) is 17.1 Å². The fourth-order valence-corrected chi connectivity index (χ4v) is 3.70. The molecule has 7 nitrogen and oxygen atoms in total. The van der Waals surface area contributed by atoms with Crippen LogP contribution < -0.4 is 4.74 Å². The summed E-state index contributed by atoms with van der Waals surface area (Å²) in [7, 11) is 1.67.